The van der Waals surface area contributed by atoms with Gasteiger partial charge in [-0.25, -0.2) is 12.7 Å². The van der Waals surface area contributed by atoms with E-state index in [2.05, 4.69) is 15.9 Å². The first-order valence-corrected chi connectivity index (χ1v) is 7.58. The minimum Gasteiger partial charge on any atom is -0.211 e. The average Bonchev–Trinajstić information content (AvgIpc) is 2.03. The van der Waals surface area contributed by atoms with Gasteiger partial charge in [-0.2, -0.15) is 11.8 Å². The highest BCUT2D eigenvalue weighted by Gasteiger charge is 2.20. The monoisotopic (exact) mass is 275 g/mol. The number of nitrogens with zero attached hydrogens (tertiary/aromatic N) is 1. The summed E-state index contributed by atoms with van der Waals surface area (Å²) in [6.07, 6.45) is 1.96. The van der Waals surface area contributed by atoms with Crippen molar-refractivity contribution in [3.05, 3.63) is 0 Å². The molecule has 6 heteroatoms. The molecule has 0 bridgehead atoms. The van der Waals surface area contributed by atoms with Gasteiger partial charge in [0, 0.05) is 18.8 Å². The van der Waals surface area contributed by atoms with E-state index in [9.17, 15) is 8.42 Å². The second-order valence-corrected chi connectivity index (χ2v) is 6.78. The number of alkyl halides is 1. The van der Waals surface area contributed by atoms with Crippen LogP contribution in [0.4, 0.5) is 0 Å². The Bertz CT molecular complexity index is 218. The molecule has 12 heavy (non-hydrogen) atoms. The summed E-state index contributed by atoms with van der Waals surface area (Å²) in [6, 6.07) is 0.0579. The van der Waals surface area contributed by atoms with Crippen LogP contribution in [0, 0.1) is 0 Å². The number of hydrogen-bond donors (Lipinski definition) is 0. The van der Waals surface area contributed by atoms with Crippen molar-refractivity contribution in [2.24, 2.45) is 0 Å². The minimum atomic E-state index is -3.08. The van der Waals surface area contributed by atoms with Crippen molar-refractivity contribution in [2.45, 2.75) is 13.0 Å². The third-order valence-electron chi connectivity index (χ3n) is 1.61. The van der Waals surface area contributed by atoms with Crippen LogP contribution in [0.25, 0.3) is 0 Å². The van der Waals surface area contributed by atoms with Gasteiger partial charge in [0.25, 0.3) is 0 Å². The smallest absolute Gasteiger partial charge is 0.211 e. The van der Waals surface area contributed by atoms with Crippen molar-refractivity contribution in [3.8, 4) is 0 Å². The summed E-state index contributed by atoms with van der Waals surface area (Å²) in [5, 5.41) is 0. The van der Waals surface area contributed by atoms with Gasteiger partial charge in [0.05, 0.1) is 0 Å². The number of thioether (sulfide) groups is 1. The fourth-order valence-corrected chi connectivity index (χ4v) is 3.24. The van der Waals surface area contributed by atoms with Gasteiger partial charge in [0.1, 0.15) is 4.66 Å². The zero-order valence-corrected chi connectivity index (χ0v) is 10.7. The Morgan fingerprint density at radius 3 is 2.42 bits per heavy atom. The third-order valence-corrected chi connectivity index (χ3v) is 5.67. The quantitative estimate of drug-likeness (QED) is 0.711. The Morgan fingerprint density at radius 2 is 2.08 bits per heavy atom. The lowest BCUT2D eigenvalue weighted by Gasteiger charge is -2.22. The van der Waals surface area contributed by atoms with Gasteiger partial charge in [-0.15, -0.1) is 0 Å². The molecule has 1 atom stereocenters. The molecule has 0 aliphatic rings. The van der Waals surface area contributed by atoms with Crippen molar-refractivity contribution < 1.29 is 8.42 Å². The lowest BCUT2D eigenvalue weighted by Crippen LogP contribution is -2.37. The number of hydrogen-bond acceptors (Lipinski definition) is 3. The van der Waals surface area contributed by atoms with Crippen molar-refractivity contribution >= 4 is 37.7 Å². The molecule has 0 aromatic heterocycles. The molecular formula is C6H14BrNO2S2. The molecule has 0 radical (unpaired) electrons. The van der Waals surface area contributed by atoms with Gasteiger partial charge in [-0.1, -0.05) is 15.9 Å². The molecule has 0 aliphatic heterocycles. The van der Waals surface area contributed by atoms with E-state index in [1.807, 2.05) is 13.2 Å². The summed E-state index contributed by atoms with van der Waals surface area (Å²) in [5.74, 6) is 0.822. The highest BCUT2D eigenvalue weighted by Crippen LogP contribution is 2.10. The molecule has 0 rings (SSSR count). The second-order valence-electron chi connectivity index (χ2n) is 2.54. The third kappa shape index (κ3) is 3.64. The minimum absolute atomic E-state index is 0.00474. The molecule has 0 aromatic rings. The summed E-state index contributed by atoms with van der Waals surface area (Å²) >= 11 is 4.60. The second kappa shape index (κ2) is 5.47. The van der Waals surface area contributed by atoms with Crippen molar-refractivity contribution in [1.29, 1.82) is 0 Å². The molecule has 0 aliphatic carbocycles. The predicted molar refractivity (Wildman–Crippen MR) is 58.3 cm³/mol. The van der Waals surface area contributed by atoms with Gasteiger partial charge >= 0.3 is 0 Å². The van der Waals surface area contributed by atoms with Crippen LogP contribution >= 0.6 is 27.7 Å². The summed E-state index contributed by atoms with van der Waals surface area (Å²) in [6.45, 7) is 1.90. The number of sulfonamides is 1. The molecule has 0 fully saturated rings. The van der Waals surface area contributed by atoms with E-state index in [1.165, 1.54) is 4.31 Å². The van der Waals surface area contributed by atoms with Crippen LogP contribution in [-0.4, -0.2) is 42.5 Å². The van der Waals surface area contributed by atoms with E-state index in [-0.39, 0.29) is 10.7 Å². The number of halogens is 1. The van der Waals surface area contributed by atoms with Crippen LogP contribution in [-0.2, 0) is 10.0 Å². The average molecular weight is 276 g/mol. The topological polar surface area (TPSA) is 37.4 Å². The van der Waals surface area contributed by atoms with Gasteiger partial charge in [0.2, 0.25) is 10.0 Å². The Hall–Kier alpha value is 0.740. The highest BCUT2D eigenvalue weighted by molar-refractivity contribution is 9.10. The largest absolute Gasteiger partial charge is 0.224 e. The molecule has 0 saturated carbocycles. The van der Waals surface area contributed by atoms with Crippen LogP contribution in [0.3, 0.4) is 0 Å². The van der Waals surface area contributed by atoms with E-state index < -0.39 is 10.0 Å². The van der Waals surface area contributed by atoms with E-state index >= 15 is 0 Å². The lowest BCUT2D eigenvalue weighted by molar-refractivity contribution is 0.418. The van der Waals surface area contributed by atoms with Gasteiger partial charge < -0.3 is 0 Å². The van der Waals surface area contributed by atoms with Crippen molar-refractivity contribution in [2.75, 3.05) is 23.7 Å². The molecule has 0 aromatic carbocycles. The first kappa shape index (κ1) is 12.7. The lowest BCUT2D eigenvalue weighted by atomic mass is 10.4. The van der Waals surface area contributed by atoms with E-state index in [0.717, 1.165) is 5.75 Å². The van der Waals surface area contributed by atoms with Crippen molar-refractivity contribution in [1.82, 2.24) is 4.31 Å². The van der Waals surface area contributed by atoms with Gasteiger partial charge in [-0.05, 0) is 13.2 Å². The molecule has 74 valence electrons. The van der Waals surface area contributed by atoms with Gasteiger partial charge in [0.15, 0.2) is 0 Å². The van der Waals surface area contributed by atoms with Crippen LogP contribution in [0.1, 0.15) is 6.92 Å². The Labute approximate surface area is 87.1 Å². The van der Waals surface area contributed by atoms with Crippen LogP contribution in [0.2, 0.25) is 0 Å². The molecule has 0 heterocycles. The SMILES string of the molecule is CSCC(C)N(C)S(=O)(=O)CBr. The van der Waals surface area contributed by atoms with Crippen LogP contribution in [0.5, 0.6) is 0 Å². The maximum atomic E-state index is 11.3. The molecular weight excluding hydrogens is 262 g/mol. The van der Waals surface area contributed by atoms with E-state index in [1.54, 1.807) is 18.8 Å². The predicted octanol–water partition coefficient (Wildman–Crippen LogP) is 1.35. The summed E-state index contributed by atoms with van der Waals surface area (Å²) in [7, 11) is -1.47. The summed E-state index contributed by atoms with van der Waals surface area (Å²) in [4.78, 5) is 0. The fourth-order valence-electron chi connectivity index (χ4n) is 0.697. The summed E-state index contributed by atoms with van der Waals surface area (Å²) in [5.41, 5.74) is 0. The molecule has 0 spiro atoms. The highest BCUT2D eigenvalue weighted by atomic mass is 79.9. The standard InChI is InChI=1S/C6H14BrNO2S2/c1-6(4-11-3)8(2)12(9,10)5-7/h6H,4-5H2,1-3H3. The van der Waals surface area contributed by atoms with Gasteiger partial charge in [-0.3, -0.25) is 0 Å². The maximum Gasteiger partial charge on any atom is 0.224 e. The van der Waals surface area contributed by atoms with Crippen LogP contribution < -0.4 is 0 Å². The Morgan fingerprint density at radius 1 is 1.58 bits per heavy atom. The molecule has 0 amide bonds. The zero-order valence-electron chi connectivity index (χ0n) is 7.45. The Kier molecular flexibility index (Phi) is 5.80. The van der Waals surface area contributed by atoms with Crippen LogP contribution in [0.15, 0.2) is 0 Å². The molecule has 1 unspecified atom stereocenters. The fraction of sp³-hybridized carbons (Fsp3) is 1.00. The maximum absolute atomic E-state index is 11.3. The first-order chi connectivity index (χ1) is 5.45. The first-order valence-electron chi connectivity index (χ1n) is 3.46. The zero-order chi connectivity index (χ0) is 9.78. The summed E-state index contributed by atoms with van der Waals surface area (Å²) < 4.78 is 24.0. The van der Waals surface area contributed by atoms with E-state index in [4.69, 9.17) is 0 Å². The number of rotatable bonds is 5. The van der Waals surface area contributed by atoms with Crippen molar-refractivity contribution in [3.63, 3.8) is 0 Å². The molecule has 0 N–H and O–H groups in total. The molecule has 3 nitrogen and oxygen atoms in total. The normalized spacial score (nSPS) is 15.1. The Balaban J connectivity index is 4.28. The van der Waals surface area contributed by atoms with E-state index in [0.29, 0.717) is 0 Å². The molecule has 0 saturated heterocycles.